The molecule has 3 nitrogen and oxygen atoms in total. The fraction of sp³-hybridized carbons (Fsp3) is 0.750. The van der Waals surface area contributed by atoms with Gasteiger partial charge < -0.3 is 4.74 Å². The molecule has 0 aromatic rings. The second-order valence-electron chi connectivity index (χ2n) is 2.25. The summed E-state index contributed by atoms with van der Waals surface area (Å²) in [4.78, 5) is 21.5. The van der Waals surface area contributed by atoms with Crippen molar-refractivity contribution >= 4 is 11.6 Å². The molecule has 0 bridgehead atoms. The van der Waals surface area contributed by atoms with E-state index in [0.29, 0.717) is 6.61 Å². The maximum absolute atomic E-state index is 10.8. The quantitative estimate of drug-likeness (QED) is 0.427. The number of carbonyl (C=O) groups excluding carboxylic acids is 2. The summed E-state index contributed by atoms with van der Waals surface area (Å²) in [6.07, 6.45) is 1.14. The highest BCUT2D eigenvalue weighted by molar-refractivity contribution is 6.37. The summed E-state index contributed by atoms with van der Waals surface area (Å²) in [6, 6.07) is 0. The molecule has 0 radical (unpaired) electrons. The van der Waals surface area contributed by atoms with Crippen LogP contribution in [0.3, 0.4) is 0 Å². The Kier molecular flexibility index (Phi) is 5.65. The normalized spacial score (nSPS) is 9.64. The van der Waals surface area contributed by atoms with E-state index in [9.17, 15) is 9.59 Å². The molecule has 0 atom stereocenters. The minimum atomic E-state index is -0.416. The molecule has 0 saturated carbocycles. The van der Waals surface area contributed by atoms with Crippen molar-refractivity contribution < 1.29 is 14.3 Å². The molecule has 0 N–H and O–H groups in total. The number of ketones is 2. The van der Waals surface area contributed by atoms with Crippen molar-refractivity contribution in [1.29, 1.82) is 0 Å². The fourth-order valence-electron chi connectivity index (χ4n) is 0.587. The van der Waals surface area contributed by atoms with E-state index in [1.54, 1.807) is 6.92 Å². The van der Waals surface area contributed by atoms with Crippen LogP contribution in [0.25, 0.3) is 0 Å². The predicted molar refractivity (Wildman–Crippen MR) is 41.4 cm³/mol. The maximum Gasteiger partial charge on any atom is 0.223 e. The van der Waals surface area contributed by atoms with E-state index in [4.69, 9.17) is 4.74 Å². The van der Waals surface area contributed by atoms with Crippen molar-refractivity contribution in [1.82, 2.24) is 0 Å². The van der Waals surface area contributed by atoms with Crippen LogP contribution in [0.2, 0.25) is 0 Å². The summed E-state index contributed by atoms with van der Waals surface area (Å²) in [7, 11) is 0. The lowest BCUT2D eigenvalue weighted by atomic mass is 10.2. The molecular formula is C8H14O3. The first-order valence-corrected chi connectivity index (χ1v) is 3.86. The van der Waals surface area contributed by atoms with Crippen LogP contribution in [-0.2, 0) is 14.3 Å². The highest BCUT2D eigenvalue weighted by Crippen LogP contribution is 1.86. The van der Waals surface area contributed by atoms with E-state index in [-0.39, 0.29) is 18.8 Å². The van der Waals surface area contributed by atoms with Crippen molar-refractivity contribution in [3.63, 3.8) is 0 Å². The van der Waals surface area contributed by atoms with E-state index in [0.717, 1.165) is 6.42 Å². The molecule has 0 spiro atoms. The molecule has 0 amide bonds. The van der Waals surface area contributed by atoms with Gasteiger partial charge >= 0.3 is 0 Å². The molecule has 0 unspecified atom stereocenters. The molecular weight excluding hydrogens is 144 g/mol. The number of rotatable bonds is 6. The monoisotopic (exact) mass is 158 g/mol. The van der Waals surface area contributed by atoms with Crippen LogP contribution in [0.5, 0.6) is 0 Å². The zero-order valence-corrected chi connectivity index (χ0v) is 7.05. The van der Waals surface area contributed by atoms with Crippen molar-refractivity contribution in [2.24, 2.45) is 0 Å². The van der Waals surface area contributed by atoms with Crippen LogP contribution < -0.4 is 0 Å². The zero-order chi connectivity index (χ0) is 8.69. The summed E-state index contributed by atoms with van der Waals surface area (Å²) in [5.41, 5.74) is 0. The van der Waals surface area contributed by atoms with E-state index in [1.165, 1.54) is 0 Å². The number of hydrogen-bond donors (Lipinski definition) is 0. The molecule has 0 aliphatic heterocycles. The third-order valence-corrected chi connectivity index (χ3v) is 1.21. The van der Waals surface area contributed by atoms with E-state index >= 15 is 0 Å². The van der Waals surface area contributed by atoms with Crippen LogP contribution >= 0.6 is 0 Å². The molecule has 0 aromatic heterocycles. The summed E-state index contributed by atoms with van der Waals surface area (Å²) in [5, 5.41) is 0. The Morgan fingerprint density at radius 3 is 2.27 bits per heavy atom. The molecule has 0 aliphatic rings. The molecule has 0 aliphatic carbocycles. The SMILES string of the molecule is CCCOCC(=O)C(=O)CC. The number of hydrogen-bond acceptors (Lipinski definition) is 3. The molecule has 0 fully saturated rings. The van der Waals surface area contributed by atoms with Crippen LogP contribution in [-0.4, -0.2) is 24.8 Å². The molecule has 0 rings (SSSR count). The largest absolute Gasteiger partial charge is 0.373 e. The first-order chi connectivity index (χ1) is 5.22. The third kappa shape index (κ3) is 4.67. The second-order valence-corrected chi connectivity index (χ2v) is 2.25. The van der Waals surface area contributed by atoms with Crippen LogP contribution in [0, 0.1) is 0 Å². The number of carbonyl (C=O) groups is 2. The zero-order valence-electron chi connectivity index (χ0n) is 7.05. The summed E-state index contributed by atoms with van der Waals surface area (Å²) >= 11 is 0. The Hall–Kier alpha value is -0.700. The van der Waals surface area contributed by atoms with Crippen molar-refractivity contribution in [3.8, 4) is 0 Å². The average molecular weight is 158 g/mol. The Morgan fingerprint density at radius 2 is 1.82 bits per heavy atom. The van der Waals surface area contributed by atoms with Gasteiger partial charge in [0, 0.05) is 13.0 Å². The minimum absolute atomic E-state index is 0.0550. The molecule has 64 valence electrons. The van der Waals surface area contributed by atoms with Gasteiger partial charge in [-0.3, -0.25) is 9.59 Å². The summed E-state index contributed by atoms with van der Waals surface area (Å²) < 4.78 is 4.90. The predicted octanol–water partition coefficient (Wildman–Crippen LogP) is 0.961. The molecule has 0 heterocycles. The molecule has 0 saturated heterocycles. The molecule has 3 heteroatoms. The number of ether oxygens (including phenoxy) is 1. The third-order valence-electron chi connectivity index (χ3n) is 1.21. The van der Waals surface area contributed by atoms with Gasteiger partial charge in [0.25, 0.3) is 0 Å². The summed E-state index contributed by atoms with van der Waals surface area (Å²) in [5.74, 6) is -0.762. The Morgan fingerprint density at radius 1 is 1.18 bits per heavy atom. The van der Waals surface area contributed by atoms with Gasteiger partial charge in [0.15, 0.2) is 0 Å². The van der Waals surface area contributed by atoms with E-state index in [1.807, 2.05) is 6.92 Å². The van der Waals surface area contributed by atoms with Gasteiger partial charge in [0.2, 0.25) is 11.6 Å². The van der Waals surface area contributed by atoms with Gasteiger partial charge in [-0.15, -0.1) is 0 Å². The van der Waals surface area contributed by atoms with Crippen LogP contribution in [0.4, 0.5) is 0 Å². The van der Waals surface area contributed by atoms with Gasteiger partial charge in [0.05, 0.1) is 0 Å². The lowest BCUT2D eigenvalue weighted by molar-refractivity contribution is -0.139. The van der Waals surface area contributed by atoms with Crippen LogP contribution in [0.1, 0.15) is 26.7 Å². The standard InChI is InChI=1S/C8H14O3/c1-3-5-11-6-8(10)7(9)4-2/h3-6H2,1-2H3. The average Bonchev–Trinajstić information content (AvgIpc) is 2.03. The van der Waals surface area contributed by atoms with Gasteiger partial charge in [0.1, 0.15) is 6.61 Å². The van der Waals surface area contributed by atoms with Crippen molar-refractivity contribution in [2.45, 2.75) is 26.7 Å². The van der Waals surface area contributed by atoms with E-state index < -0.39 is 5.78 Å². The fourth-order valence-corrected chi connectivity index (χ4v) is 0.587. The molecule has 11 heavy (non-hydrogen) atoms. The lowest BCUT2D eigenvalue weighted by Gasteiger charge is -1.98. The van der Waals surface area contributed by atoms with Gasteiger partial charge in [-0.05, 0) is 6.42 Å². The Balaban J connectivity index is 3.44. The van der Waals surface area contributed by atoms with E-state index in [2.05, 4.69) is 0 Å². The first kappa shape index (κ1) is 10.3. The highest BCUT2D eigenvalue weighted by atomic mass is 16.5. The van der Waals surface area contributed by atoms with Gasteiger partial charge in [-0.2, -0.15) is 0 Å². The minimum Gasteiger partial charge on any atom is -0.373 e. The van der Waals surface area contributed by atoms with Crippen molar-refractivity contribution in [2.75, 3.05) is 13.2 Å². The number of Topliss-reactive ketones (excluding diaryl/α,β-unsaturated/α-hetero) is 2. The van der Waals surface area contributed by atoms with Crippen molar-refractivity contribution in [3.05, 3.63) is 0 Å². The summed E-state index contributed by atoms with van der Waals surface area (Å²) in [6.45, 7) is 4.11. The van der Waals surface area contributed by atoms with Crippen LogP contribution in [0.15, 0.2) is 0 Å². The van der Waals surface area contributed by atoms with Gasteiger partial charge in [-0.1, -0.05) is 13.8 Å². The van der Waals surface area contributed by atoms with Gasteiger partial charge in [-0.25, -0.2) is 0 Å². The Bertz CT molecular complexity index is 140. The first-order valence-electron chi connectivity index (χ1n) is 3.86. The topological polar surface area (TPSA) is 43.4 Å². The maximum atomic E-state index is 10.8. The second kappa shape index (κ2) is 6.04. The highest BCUT2D eigenvalue weighted by Gasteiger charge is 2.09. The Labute approximate surface area is 66.7 Å². The molecule has 0 aromatic carbocycles. The smallest absolute Gasteiger partial charge is 0.223 e. The lowest BCUT2D eigenvalue weighted by Crippen LogP contribution is -2.18.